The first kappa shape index (κ1) is 14.8. The molecule has 1 heterocycles. The van der Waals surface area contributed by atoms with Crippen LogP contribution in [0.2, 0.25) is 4.34 Å². The third kappa shape index (κ3) is 3.12. The summed E-state index contributed by atoms with van der Waals surface area (Å²) in [5.41, 5.74) is -0.178. The fourth-order valence-electron chi connectivity index (χ4n) is 2.66. The van der Waals surface area contributed by atoms with E-state index in [1.807, 2.05) is 26.0 Å². The van der Waals surface area contributed by atoms with Crippen LogP contribution in [0.15, 0.2) is 12.1 Å². The average Bonchev–Trinajstić information content (AvgIpc) is 2.96. The van der Waals surface area contributed by atoms with Gasteiger partial charge in [0.2, 0.25) is 5.91 Å². The zero-order valence-electron chi connectivity index (χ0n) is 11.3. The number of carbonyl (C=O) groups is 1. The van der Waals surface area contributed by atoms with Crippen molar-refractivity contribution in [1.82, 2.24) is 5.32 Å². The minimum atomic E-state index is -0.193. The highest BCUT2D eigenvalue weighted by atomic mass is 35.5. The average molecular weight is 302 g/mol. The van der Waals surface area contributed by atoms with Gasteiger partial charge in [0.15, 0.2) is 0 Å². The molecule has 5 heteroatoms. The van der Waals surface area contributed by atoms with E-state index in [0.717, 1.165) is 24.1 Å². The van der Waals surface area contributed by atoms with Gasteiger partial charge >= 0.3 is 0 Å². The summed E-state index contributed by atoms with van der Waals surface area (Å²) in [6.07, 6.45) is 2.97. The number of aliphatic hydroxyl groups is 1. The van der Waals surface area contributed by atoms with Crippen LogP contribution >= 0.6 is 22.9 Å². The van der Waals surface area contributed by atoms with E-state index in [1.54, 1.807) is 0 Å². The van der Waals surface area contributed by atoms with Crippen LogP contribution in [0.5, 0.6) is 0 Å². The summed E-state index contributed by atoms with van der Waals surface area (Å²) in [6, 6.07) is 3.79. The summed E-state index contributed by atoms with van der Waals surface area (Å²) in [4.78, 5) is 13.3. The predicted molar refractivity (Wildman–Crippen MR) is 78.7 cm³/mol. The number of hydrogen-bond acceptors (Lipinski definition) is 3. The molecule has 19 heavy (non-hydrogen) atoms. The topological polar surface area (TPSA) is 49.3 Å². The molecule has 1 aliphatic rings. The second-order valence-corrected chi connectivity index (χ2v) is 7.38. The molecule has 1 fully saturated rings. The summed E-state index contributed by atoms with van der Waals surface area (Å²) in [5, 5.41) is 12.6. The standard InChI is InChI=1S/C14H20ClNO2S/c1-9(10-5-6-12(15)19-10)13(18)16-11-4-3-7-14(11,2)8-17/h5-6,9,11,17H,3-4,7-8H2,1-2H3,(H,16,18). The van der Waals surface area contributed by atoms with E-state index in [9.17, 15) is 9.90 Å². The van der Waals surface area contributed by atoms with Crippen LogP contribution in [0.1, 0.15) is 43.9 Å². The summed E-state index contributed by atoms with van der Waals surface area (Å²) < 4.78 is 0.704. The van der Waals surface area contributed by atoms with Gasteiger partial charge in [-0.3, -0.25) is 4.79 Å². The van der Waals surface area contributed by atoms with Crippen LogP contribution < -0.4 is 5.32 Å². The van der Waals surface area contributed by atoms with Gasteiger partial charge in [-0.15, -0.1) is 11.3 Å². The maximum Gasteiger partial charge on any atom is 0.228 e. The molecule has 3 unspecified atom stereocenters. The van der Waals surface area contributed by atoms with Gasteiger partial charge in [0.05, 0.1) is 16.9 Å². The van der Waals surface area contributed by atoms with Gasteiger partial charge in [0.25, 0.3) is 0 Å². The van der Waals surface area contributed by atoms with Crippen LogP contribution in [0.3, 0.4) is 0 Å². The second-order valence-electron chi connectivity index (χ2n) is 5.63. The number of carbonyl (C=O) groups excluding carboxylic acids is 1. The number of rotatable bonds is 4. The maximum atomic E-state index is 12.3. The van der Waals surface area contributed by atoms with E-state index in [1.165, 1.54) is 11.3 Å². The molecule has 1 aromatic heterocycles. The Kier molecular flexibility index (Phi) is 4.54. The third-order valence-electron chi connectivity index (χ3n) is 4.17. The Morgan fingerprint density at radius 1 is 1.68 bits per heavy atom. The molecule has 0 saturated heterocycles. The van der Waals surface area contributed by atoms with E-state index in [2.05, 4.69) is 5.32 Å². The molecule has 3 atom stereocenters. The highest BCUT2D eigenvalue weighted by Crippen LogP contribution is 2.38. The summed E-state index contributed by atoms with van der Waals surface area (Å²) in [7, 11) is 0. The number of thiophene rings is 1. The highest BCUT2D eigenvalue weighted by molar-refractivity contribution is 7.16. The second kappa shape index (κ2) is 5.81. The molecular formula is C14H20ClNO2S. The Bertz CT molecular complexity index is 462. The number of aliphatic hydroxyl groups excluding tert-OH is 1. The Morgan fingerprint density at radius 2 is 2.42 bits per heavy atom. The number of halogens is 1. The Balaban J connectivity index is 2.01. The van der Waals surface area contributed by atoms with Crippen molar-refractivity contribution in [3.8, 4) is 0 Å². The normalized spacial score (nSPS) is 28.3. The van der Waals surface area contributed by atoms with Crippen molar-refractivity contribution in [1.29, 1.82) is 0 Å². The lowest BCUT2D eigenvalue weighted by atomic mass is 9.85. The van der Waals surface area contributed by atoms with Gasteiger partial charge in [0.1, 0.15) is 0 Å². The van der Waals surface area contributed by atoms with Crippen molar-refractivity contribution in [2.45, 2.75) is 45.1 Å². The molecule has 0 aromatic carbocycles. The van der Waals surface area contributed by atoms with Crippen molar-refractivity contribution in [2.24, 2.45) is 5.41 Å². The lowest BCUT2D eigenvalue weighted by Crippen LogP contribution is -2.46. The van der Waals surface area contributed by atoms with E-state index >= 15 is 0 Å². The minimum Gasteiger partial charge on any atom is -0.396 e. The van der Waals surface area contributed by atoms with E-state index < -0.39 is 0 Å². The van der Waals surface area contributed by atoms with Gasteiger partial charge in [-0.1, -0.05) is 24.9 Å². The van der Waals surface area contributed by atoms with E-state index in [-0.39, 0.29) is 29.9 Å². The SMILES string of the molecule is CC(C(=O)NC1CCCC1(C)CO)c1ccc(Cl)s1. The quantitative estimate of drug-likeness (QED) is 0.897. The summed E-state index contributed by atoms with van der Waals surface area (Å²) >= 11 is 7.34. The Labute approximate surface area is 123 Å². The first-order valence-electron chi connectivity index (χ1n) is 6.63. The van der Waals surface area contributed by atoms with Gasteiger partial charge in [-0.25, -0.2) is 0 Å². The highest BCUT2D eigenvalue weighted by Gasteiger charge is 2.39. The smallest absolute Gasteiger partial charge is 0.228 e. The van der Waals surface area contributed by atoms with Crippen LogP contribution in [-0.2, 0) is 4.79 Å². The molecule has 1 amide bonds. The van der Waals surface area contributed by atoms with Crippen molar-refractivity contribution in [3.05, 3.63) is 21.3 Å². The van der Waals surface area contributed by atoms with Crippen molar-refractivity contribution in [3.63, 3.8) is 0 Å². The number of amides is 1. The molecule has 0 aliphatic heterocycles. The zero-order valence-corrected chi connectivity index (χ0v) is 12.9. The number of nitrogens with one attached hydrogen (secondary N) is 1. The zero-order chi connectivity index (χ0) is 14.0. The fraction of sp³-hybridized carbons (Fsp3) is 0.643. The minimum absolute atomic E-state index is 0.0186. The fourth-order valence-corrected chi connectivity index (χ4v) is 3.77. The number of hydrogen-bond donors (Lipinski definition) is 2. The third-order valence-corrected chi connectivity index (χ3v) is 5.59. The Morgan fingerprint density at radius 3 is 3.00 bits per heavy atom. The molecule has 2 N–H and O–H groups in total. The van der Waals surface area contributed by atoms with Crippen molar-refractivity contribution >= 4 is 28.8 Å². The first-order chi connectivity index (χ1) is 8.96. The van der Waals surface area contributed by atoms with Crippen LogP contribution in [-0.4, -0.2) is 23.7 Å². The van der Waals surface area contributed by atoms with Crippen molar-refractivity contribution in [2.75, 3.05) is 6.61 Å². The van der Waals surface area contributed by atoms with Crippen LogP contribution in [0.25, 0.3) is 0 Å². The molecular weight excluding hydrogens is 282 g/mol. The summed E-state index contributed by atoms with van der Waals surface area (Å²) in [6.45, 7) is 4.05. The largest absolute Gasteiger partial charge is 0.396 e. The molecule has 0 bridgehead atoms. The molecule has 0 spiro atoms. The molecule has 2 rings (SSSR count). The summed E-state index contributed by atoms with van der Waals surface area (Å²) in [5.74, 6) is -0.175. The predicted octanol–water partition coefficient (Wildman–Crippen LogP) is 3.17. The van der Waals surface area contributed by atoms with Gasteiger partial charge in [0, 0.05) is 16.3 Å². The molecule has 3 nitrogen and oxygen atoms in total. The lowest BCUT2D eigenvalue weighted by molar-refractivity contribution is -0.123. The van der Waals surface area contributed by atoms with E-state index in [4.69, 9.17) is 11.6 Å². The molecule has 1 saturated carbocycles. The van der Waals surface area contributed by atoms with Gasteiger partial charge in [-0.2, -0.15) is 0 Å². The monoisotopic (exact) mass is 301 g/mol. The maximum absolute atomic E-state index is 12.3. The first-order valence-corrected chi connectivity index (χ1v) is 7.82. The molecule has 1 aliphatic carbocycles. The van der Waals surface area contributed by atoms with Gasteiger partial charge in [-0.05, 0) is 31.9 Å². The van der Waals surface area contributed by atoms with Crippen molar-refractivity contribution < 1.29 is 9.90 Å². The lowest BCUT2D eigenvalue weighted by Gasteiger charge is -2.30. The molecule has 106 valence electrons. The van der Waals surface area contributed by atoms with Gasteiger partial charge < -0.3 is 10.4 Å². The molecule has 1 aromatic rings. The van der Waals surface area contributed by atoms with Crippen LogP contribution in [0, 0.1) is 5.41 Å². The van der Waals surface area contributed by atoms with Crippen LogP contribution in [0.4, 0.5) is 0 Å². The van der Waals surface area contributed by atoms with E-state index in [0.29, 0.717) is 4.34 Å². The Hall–Kier alpha value is -0.580. The molecule has 0 radical (unpaired) electrons.